The van der Waals surface area contributed by atoms with E-state index < -0.39 is 19.1 Å². The number of nitrogens with zero attached hydrogens (tertiary/aromatic N) is 1. The molecule has 2 atom stereocenters. The molecule has 0 spiro atoms. The third-order valence-electron chi connectivity index (χ3n) is 3.03. The Morgan fingerprint density at radius 1 is 1.37 bits per heavy atom. The summed E-state index contributed by atoms with van der Waals surface area (Å²) in [6, 6.07) is 6.67. The molecule has 1 aromatic carbocycles. The first-order valence-electron chi connectivity index (χ1n) is 5.78. The van der Waals surface area contributed by atoms with Gasteiger partial charge in [-0.05, 0) is 35.3 Å². The monoisotopic (exact) mass is 301 g/mol. The molecule has 0 radical (unpaired) electrons. The molecule has 1 heterocycles. The Kier molecular flexibility index (Phi) is 4.06. The summed E-state index contributed by atoms with van der Waals surface area (Å²) < 4.78 is 12.3. The van der Waals surface area contributed by atoms with Crippen molar-refractivity contribution < 1.29 is 9.36 Å². The highest BCUT2D eigenvalue weighted by Crippen LogP contribution is 2.41. The van der Waals surface area contributed by atoms with Gasteiger partial charge in [-0.2, -0.15) is 5.09 Å². The number of anilines is 1. The van der Waals surface area contributed by atoms with E-state index in [0.717, 1.165) is 5.01 Å². The lowest BCUT2D eigenvalue weighted by molar-refractivity contribution is -0.136. The minimum absolute atomic E-state index is 0.343. The molecule has 2 rings (SSSR count). The number of rotatable bonds is 3. The molecule has 6 nitrogen and oxygen atoms in total. The first-order valence-corrected chi connectivity index (χ1v) is 7.42. The fourth-order valence-electron chi connectivity index (χ4n) is 1.91. The molecule has 1 aliphatic rings. The summed E-state index contributed by atoms with van der Waals surface area (Å²) in [6.07, 6.45) is 0.970. The molecular weight excluding hydrogens is 287 g/mol. The number of halogens is 1. The first kappa shape index (κ1) is 14.2. The molecule has 102 valence electrons. The number of hydrogen-bond acceptors (Lipinski definition) is 4. The van der Waals surface area contributed by atoms with Crippen molar-refractivity contribution in [2.24, 2.45) is 11.6 Å². The van der Waals surface area contributed by atoms with E-state index in [4.69, 9.17) is 23.2 Å². The van der Waals surface area contributed by atoms with Crippen molar-refractivity contribution in [3.05, 3.63) is 29.3 Å². The minimum atomic E-state index is -2.17. The zero-order valence-electron chi connectivity index (χ0n) is 10.2. The Morgan fingerprint density at radius 3 is 2.63 bits per heavy atom. The molecule has 1 aliphatic heterocycles. The van der Waals surface area contributed by atoms with Crippen LogP contribution in [0.4, 0.5) is 5.69 Å². The normalized spacial score (nSPS) is 24.3. The second-order valence-corrected chi connectivity index (χ2v) is 6.49. The van der Waals surface area contributed by atoms with Gasteiger partial charge in [0.05, 0.1) is 5.69 Å². The number of piperidine rings is 1. The van der Waals surface area contributed by atoms with Crippen molar-refractivity contribution in [2.75, 3.05) is 11.6 Å². The minimum Gasteiger partial charge on any atom is -0.275 e. The number of carbonyl (C=O) groups excluding carboxylic acids is 1. The van der Waals surface area contributed by atoms with Crippen LogP contribution in [0.1, 0.15) is 12.8 Å². The zero-order chi connectivity index (χ0) is 14.0. The summed E-state index contributed by atoms with van der Waals surface area (Å²) in [6.45, 7) is 0.432. The van der Waals surface area contributed by atoms with Gasteiger partial charge in [0.25, 0.3) is 0 Å². The molecule has 1 unspecified atom stereocenters. The smallest absolute Gasteiger partial charge is 0.275 e. The van der Waals surface area contributed by atoms with Gasteiger partial charge in [-0.3, -0.25) is 15.5 Å². The van der Waals surface area contributed by atoms with E-state index in [1.54, 1.807) is 24.3 Å². The molecule has 19 heavy (non-hydrogen) atoms. The van der Waals surface area contributed by atoms with Crippen LogP contribution in [0.25, 0.3) is 0 Å². The predicted octanol–water partition coefficient (Wildman–Crippen LogP) is 1.65. The Balaban J connectivity index is 2.14. The average molecular weight is 302 g/mol. The number of nitrogens with two attached hydrogens (primary N) is 2. The molecule has 1 amide bonds. The summed E-state index contributed by atoms with van der Waals surface area (Å²) in [4.78, 5) is 12.0. The van der Waals surface area contributed by atoms with Crippen LogP contribution in [0.15, 0.2) is 24.3 Å². The second-order valence-electron chi connectivity index (χ2n) is 4.44. The van der Waals surface area contributed by atoms with Gasteiger partial charge in [-0.1, -0.05) is 11.6 Å². The van der Waals surface area contributed by atoms with Gasteiger partial charge in [0.2, 0.25) is 0 Å². The highest BCUT2D eigenvalue weighted by atomic mass is 35.5. The van der Waals surface area contributed by atoms with Crippen LogP contribution < -0.4 is 16.7 Å². The van der Waals surface area contributed by atoms with E-state index in [1.165, 1.54) is 0 Å². The molecule has 1 aromatic rings. The van der Waals surface area contributed by atoms with Crippen molar-refractivity contribution >= 4 is 31.1 Å². The number of benzene rings is 1. The number of carbonyl (C=O) groups is 1. The van der Waals surface area contributed by atoms with Gasteiger partial charge in [0.1, 0.15) is 0 Å². The zero-order valence-corrected chi connectivity index (χ0v) is 11.8. The van der Waals surface area contributed by atoms with Crippen molar-refractivity contribution in [3.8, 4) is 0 Å². The molecule has 0 saturated carbocycles. The van der Waals surface area contributed by atoms with E-state index in [1.807, 2.05) is 0 Å². The Labute approximate surface area is 116 Å². The third kappa shape index (κ3) is 2.87. The highest BCUT2D eigenvalue weighted by molar-refractivity contribution is 7.49. The molecule has 0 aromatic heterocycles. The van der Waals surface area contributed by atoms with Crippen LogP contribution in [0, 0.1) is 0 Å². The highest BCUT2D eigenvalue weighted by Gasteiger charge is 2.56. The maximum absolute atomic E-state index is 12.3. The van der Waals surface area contributed by atoms with E-state index >= 15 is 0 Å². The lowest BCUT2D eigenvalue weighted by atomic mass is 10.1. The quantitative estimate of drug-likeness (QED) is 0.447. The van der Waals surface area contributed by atoms with E-state index in [9.17, 15) is 9.36 Å². The average Bonchev–Trinajstić information content (AvgIpc) is 2.38. The van der Waals surface area contributed by atoms with Gasteiger partial charge in [-0.25, -0.2) is 5.84 Å². The van der Waals surface area contributed by atoms with Gasteiger partial charge in [0.15, 0.2) is 0 Å². The first-order chi connectivity index (χ1) is 8.93. The Bertz CT molecular complexity index is 510. The lowest BCUT2D eigenvalue weighted by Gasteiger charge is -2.29. The molecule has 0 bridgehead atoms. The fourth-order valence-corrected chi connectivity index (χ4v) is 3.28. The maximum Gasteiger partial charge on any atom is 0.492 e. The number of amides is 1. The summed E-state index contributed by atoms with van der Waals surface area (Å²) in [5, 5.41) is 2.90. The van der Waals surface area contributed by atoms with Crippen LogP contribution in [0.5, 0.6) is 0 Å². The van der Waals surface area contributed by atoms with Crippen molar-refractivity contribution in [1.29, 1.82) is 0 Å². The van der Waals surface area contributed by atoms with Crippen LogP contribution >= 0.6 is 19.6 Å². The van der Waals surface area contributed by atoms with Gasteiger partial charge >= 0.3 is 19.1 Å². The predicted molar refractivity (Wildman–Crippen MR) is 74.7 cm³/mol. The van der Waals surface area contributed by atoms with Crippen LogP contribution in [-0.4, -0.2) is 22.7 Å². The summed E-state index contributed by atoms with van der Waals surface area (Å²) in [5.74, 6) is 5.04. The summed E-state index contributed by atoms with van der Waals surface area (Å²) in [7, 11) is -2.17. The van der Waals surface area contributed by atoms with Gasteiger partial charge < -0.3 is 0 Å². The Hall–Kier alpha value is -1.20. The molecule has 5 N–H and O–H groups in total. The lowest BCUT2D eigenvalue weighted by Crippen LogP contribution is -2.59. The largest absolute Gasteiger partial charge is 0.492 e. The molecule has 1 fully saturated rings. The SMILES string of the molecule is NN1CCC[C@](N)([P+](=O)Nc2ccc(Cl)cc2)C1=O. The van der Waals surface area contributed by atoms with Crippen LogP contribution in [0.2, 0.25) is 5.02 Å². The van der Waals surface area contributed by atoms with Crippen LogP contribution in [-0.2, 0) is 9.36 Å². The van der Waals surface area contributed by atoms with E-state index in [-0.39, 0.29) is 0 Å². The van der Waals surface area contributed by atoms with Crippen molar-refractivity contribution in [3.63, 3.8) is 0 Å². The topological polar surface area (TPSA) is 101 Å². The van der Waals surface area contributed by atoms with E-state index in [2.05, 4.69) is 5.09 Å². The number of nitrogens with one attached hydrogen (secondary N) is 1. The molecule has 0 aliphatic carbocycles. The van der Waals surface area contributed by atoms with Crippen molar-refractivity contribution in [2.45, 2.75) is 18.1 Å². The number of hydrazine groups is 1. The third-order valence-corrected chi connectivity index (χ3v) is 4.88. The summed E-state index contributed by atoms with van der Waals surface area (Å²) >= 11 is 5.76. The Morgan fingerprint density at radius 2 is 2.00 bits per heavy atom. The standard InChI is InChI=1S/C11H15ClN4O2P/c12-8-2-4-9(5-3-8)15-19(18)11(13)6-1-7-16(14)10(11)17/h2-5H,1,6-7,13-14H2,(H,15,18)/q+1/t11-/m0/s1. The van der Waals surface area contributed by atoms with E-state index in [0.29, 0.717) is 30.1 Å². The van der Waals surface area contributed by atoms with Crippen LogP contribution in [0.3, 0.4) is 0 Å². The van der Waals surface area contributed by atoms with Crippen molar-refractivity contribution in [1.82, 2.24) is 5.01 Å². The maximum atomic E-state index is 12.3. The molecular formula is C11H15ClN4O2P+. The summed E-state index contributed by atoms with van der Waals surface area (Å²) in [5.41, 5.74) is 6.57. The van der Waals surface area contributed by atoms with Gasteiger partial charge in [-0.15, -0.1) is 0 Å². The molecule has 8 heteroatoms. The number of hydrogen-bond donors (Lipinski definition) is 3. The molecule has 1 saturated heterocycles. The van der Waals surface area contributed by atoms with Gasteiger partial charge in [0, 0.05) is 18.0 Å². The second kappa shape index (κ2) is 5.43. The fraction of sp³-hybridized carbons (Fsp3) is 0.364.